The van der Waals surface area contributed by atoms with Gasteiger partial charge < -0.3 is 23.7 Å². The first-order chi connectivity index (χ1) is 14.7. The Bertz CT molecular complexity index is 712. The summed E-state index contributed by atoms with van der Waals surface area (Å²) in [6, 6.07) is 0. The van der Waals surface area contributed by atoms with Crippen molar-refractivity contribution in [3.63, 3.8) is 0 Å². The number of esters is 1. The van der Waals surface area contributed by atoms with E-state index >= 15 is 0 Å². The highest BCUT2D eigenvalue weighted by Gasteiger charge is 2.50. The van der Waals surface area contributed by atoms with Gasteiger partial charge in [0.25, 0.3) is 0 Å². The highest BCUT2D eigenvalue weighted by molar-refractivity contribution is 6.74. The first-order valence-corrected chi connectivity index (χ1v) is 14.5. The molecular weight excluding hydrogens is 428 g/mol. The van der Waals surface area contributed by atoms with Gasteiger partial charge >= 0.3 is 5.97 Å². The van der Waals surface area contributed by atoms with Gasteiger partial charge in [-0.15, -0.1) is 0 Å². The molecule has 2 fully saturated rings. The SMILES string of the molecule is COC(=O)/C=C(\C)C[C@@H]1OC[C@H](C[C@@H]2O[C@H]2[C@@H](C)[C@H](C)O[Si](C)(C)C(C)(C)C)C(=O)[C@H]1O. The summed E-state index contributed by atoms with van der Waals surface area (Å²) in [6.07, 6.45) is 0.462. The Kier molecular flexibility index (Phi) is 8.89. The van der Waals surface area contributed by atoms with Crippen molar-refractivity contribution in [2.24, 2.45) is 11.8 Å². The Morgan fingerprint density at radius 3 is 2.47 bits per heavy atom. The molecule has 1 N–H and O–H groups in total. The molecule has 0 aromatic rings. The van der Waals surface area contributed by atoms with E-state index in [1.165, 1.54) is 13.2 Å². The minimum Gasteiger partial charge on any atom is -0.466 e. The molecule has 8 heteroatoms. The van der Waals surface area contributed by atoms with E-state index < -0.39 is 26.5 Å². The van der Waals surface area contributed by atoms with Crippen molar-refractivity contribution in [1.82, 2.24) is 0 Å². The fourth-order valence-electron chi connectivity index (χ4n) is 3.93. The molecule has 0 aliphatic carbocycles. The van der Waals surface area contributed by atoms with Crippen molar-refractivity contribution in [2.45, 2.75) is 103 Å². The molecule has 2 aliphatic rings. The lowest BCUT2D eigenvalue weighted by Crippen LogP contribution is -2.47. The summed E-state index contributed by atoms with van der Waals surface area (Å²) in [5, 5.41) is 10.6. The summed E-state index contributed by atoms with van der Waals surface area (Å²) >= 11 is 0. The molecule has 0 aromatic heterocycles. The van der Waals surface area contributed by atoms with E-state index in [0.29, 0.717) is 18.4 Å². The molecule has 0 radical (unpaired) electrons. The molecule has 2 aliphatic heterocycles. The Morgan fingerprint density at radius 2 is 1.91 bits per heavy atom. The van der Waals surface area contributed by atoms with Crippen LogP contribution in [-0.2, 0) is 28.2 Å². The second-order valence-corrected chi connectivity index (χ2v) is 15.7. The maximum absolute atomic E-state index is 12.8. The van der Waals surface area contributed by atoms with Crippen molar-refractivity contribution in [3.8, 4) is 0 Å². The van der Waals surface area contributed by atoms with Gasteiger partial charge in [0.2, 0.25) is 0 Å². The van der Waals surface area contributed by atoms with E-state index in [0.717, 1.165) is 0 Å². The molecule has 32 heavy (non-hydrogen) atoms. The zero-order chi connectivity index (χ0) is 24.4. The van der Waals surface area contributed by atoms with E-state index in [2.05, 4.69) is 52.4 Å². The highest BCUT2D eigenvalue weighted by atomic mass is 28.4. The van der Waals surface area contributed by atoms with Crippen LogP contribution in [0.3, 0.4) is 0 Å². The molecule has 0 aromatic carbocycles. The summed E-state index contributed by atoms with van der Waals surface area (Å²) in [7, 11) is -0.558. The van der Waals surface area contributed by atoms with Crippen molar-refractivity contribution < 1.29 is 33.3 Å². The van der Waals surface area contributed by atoms with E-state index in [4.69, 9.17) is 13.9 Å². The zero-order valence-corrected chi connectivity index (χ0v) is 22.1. The number of methoxy groups -OCH3 is 1. The van der Waals surface area contributed by atoms with Gasteiger partial charge in [-0.3, -0.25) is 4.79 Å². The van der Waals surface area contributed by atoms with Crippen molar-refractivity contribution in [3.05, 3.63) is 11.6 Å². The molecule has 0 unspecified atom stereocenters. The van der Waals surface area contributed by atoms with Gasteiger partial charge in [-0.1, -0.05) is 33.3 Å². The van der Waals surface area contributed by atoms with Crippen LogP contribution in [-0.4, -0.2) is 69.4 Å². The second kappa shape index (κ2) is 10.5. The van der Waals surface area contributed by atoms with Gasteiger partial charge in [0.05, 0.1) is 32.0 Å². The van der Waals surface area contributed by atoms with E-state index in [1.807, 2.05) is 0 Å². The Hall–Kier alpha value is -1.06. The molecule has 7 atom stereocenters. The number of Topliss-reactive ketones (excluding diaryl/α,β-unsaturated/α-hetero) is 1. The Balaban J connectivity index is 1.86. The van der Waals surface area contributed by atoms with Crippen LogP contribution in [0.4, 0.5) is 0 Å². The fourth-order valence-corrected chi connectivity index (χ4v) is 5.43. The average Bonchev–Trinajstić information content (AvgIpc) is 3.44. The van der Waals surface area contributed by atoms with E-state index in [9.17, 15) is 14.7 Å². The maximum Gasteiger partial charge on any atom is 0.330 e. The van der Waals surface area contributed by atoms with Crippen molar-refractivity contribution in [2.75, 3.05) is 13.7 Å². The zero-order valence-electron chi connectivity index (χ0n) is 21.1. The lowest BCUT2D eigenvalue weighted by Gasteiger charge is -2.39. The fraction of sp³-hybridized carbons (Fsp3) is 0.833. The molecule has 0 saturated carbocycles. The summed E-state index contributed by atoms with van der Waals surface area (Å²) in [4.78, 5) is 24.1. The van der Waals surface area contributed by atoms with Gasteiger partial charge in [0.15, 0.2) is 14.1 Å². The number of epoxide rings is 1. The van der Waals surface area contributed by atoms with Gasteiger partial charge in [-0.05, 0) is 44.8 Å². The minimum atomic E-state index is -1.86. The van der Waals surface area contributed by atoms with Gasteiger partial charge in [-0.2, -0.15) is 0 Å². The molecule has 7 nitrogen and oxygen atoms in total. The Labute approximate surface area is 194 Å². The first kappa shape index (κ1) is 27.2. The summed E-state index contributed by atoms with van der Waals surface area (Å²) in [6.45, 7) is 17.4. The minimum absolute atomic E-state index is 0.0160. The number of ketones is 1. The monoisotopic (exact) mass is 470 g/mol. The molecule has 2 heterocycles. The number of carbonyl (C=O) groups excluding carboxylic acids is 2. The third-order valence-corrected chi connectivity index (χ3v) is 11.9. The van der Waals surface area contributed by atoms with Crippen LogP contribution in [0.5, 0.6) is 0 Å². The number of hydrogen-bond acceptors (Lipinski definition) is 7. The second-order valence-electron chi connectivity index (χ2n) is 11.0. The predicted molar refractivity (Wildman–Crippen MR) is 125 cm³/mol. The molecule has 0 spiro atoms. The van der Waals surface area contributed by atoms with Crippen LogP contribution in [0.15, 0.2) is 11.6 Å². The molecule has 2 rings (SSSR count). The summed E-state index contributed by atoms with van der Waals surface area (Å²) < 4.78 is 22.8. The number of aliphatic hydroxyl groups is 1. The number of aliphatic hydroxyl groups excluding tert-OH is 1. The number of hydrogen-bond donors (Lipinski definition) is 1. The van der Waals surface area contributed by atoms with E-state index in [1.54, 1.807) is 6.92 Å². The predicted octanol–water partition coefficient (Wildman–Crippen LogP) is 3.64. The van der Waals surface area contributed by atoms with Crippen LogP contribution in [0.1, 0.15) is 54.4 Å². The normalized spacial score (nSPS) is 31.2. The van der Waals surface area contributed by atoms with Gasteiger partial charge in [0, 0.05) is 24.0 Å². The van der Waals surface area contributed by atoms with Gasteiger partial charge in [-0.25, -0.2) is 4.79 Å². The van der Waals surface area contributed by atoms with Gasteiger partial charge in [0.1, 0.15) is 6.10 Å². The third kappa shape index (κ3) is 6.73. The van der Waals surface area contributed by atoms with Crippen LogP contribution in [0, 0.1) is 11.8 Å². The lowest BCUT2D eigenvalue weighted by molar-refractivity contribution is -0.156. The molecule has 184 valence electrons. The molecule has 0 amide bonds. The topological polar surface area (TPSA) is 94.6 Å². The smallest absolute Gasteiger partial charge is 0.330 e. The maximum atomic E-state index is 12.8. The van der Waals surface area contributed by atoms with Crippen LogP contribution < -0.4 is 0 Å². The average molecular weight is 471 g/mol. The van der Waals surface area contributed by atoms with Crippen LogP contribution >= 0.6 is 0 Å². The first-order valence-electron chi connectivity index (χ1n) is 11.6. The highest BCUT2D eigenvalue weighted by Crippen LogP contribution is 2.42. The van der Waals surface area contributed by atoms with Crippen LogP contribution in [0.2, 0.25) is 18.1 Å². The Morgan fingerprint density at radius 1 is 1.28 bits per heavy atom. The number of carbonyl (C=O) groups is 2. The number of ether oxygens (including phenoxy) is 3. The summed E-state index contributed by atoms with van der Waals surface area (Å²) in [5.74, 6) is -0.836. The lowest BCUT2D eigenvalue weighted by atomic mass is 9.86. The standard InChI is InChI=1S/C24H42O7Si/c1-14(11-20(25)28-7)10-18-22(27)21(26)17(13-29-18)12-19-23(30-19)15(2)16(3)31-32(8,9)24(4,5)6/h11,15-19,22-23,27H,10,12-13H2,1-9H3/b14-11+/t15-,16-,17-,18-,19-,22-,23-/m0/s1. The molecule has 2 saturated heterocycles. The molecule has 0 bridgehead atoms. The summed E-state index contributed by atoms with van der Waals surface area (Å²) in [5.41, 5.74) is 0.697. The van der Waals surface area contributed by atoms with E-state index in [-0.39, 0.29) is 47.6 Å². The van der Waals surface area contributed by atoms with Crippen molar-refractivity contribution >= 4 is 20.1 Å². The quantitative estimate of drug-likeness (QED) is 0.238. The third-order valence-electron chi connectivity index (χ3n) is 7.33. The number of rotatable bonds is 9. The molecular formula is C24H42O7Si. The van der Waals surface area contributed by atoms with Crippen molar-refractivity contribution in [1.29, 1.82) is 0 Å². The van der Waals surface area contributed by atoms with Crippen LogP contribution in [0.25, 0.3) is 0 Å². The largest absolute Gasteiger partial charge is 0.466 e.